The van der Waals surface area contributed by atoms with Gasteiger partial charge in [-0.1, -0.05) is 17.7 Å². The van der Waals surface area contributed by atoms with Gasteiger partial charge in [-0.15, -0.1) is 11.8 Å². The quantitative estimate of drug-likeness (QED) is 0.884. The Hall–Kier alpha value is -1.59. The Morgan fingerprint density at radius 3 is 3.05 bits per heavy atom. The largest absolute Gasteiger partial charge is 0.466 e. The smallest absolute Gasteiger partial charge is 0.323 e. The molecule has 21 heavy (non-hydrogen) atoms. The van der Waals surface area contributed by atoms with Crippen LogP contribution < -0.4 is 5.32 Å². The van der Waals surface area contributed by atoms with Crippen molar-refractivity contribution < 1.29 is 9.21 Å². The number of urea groups is 1. The number of anilines is 1. The van der Waals surface area contributed by atoms with E-state index in [-0.39, 0.29) is 11.4 Å². The molecule has 1 aromatic carbocycles. The Labute approximate surface area is 132 Å². The Balaban J connectivity index is 1.73. The lowest BCUT2D eigenvalue weighted by molar-refractivity contribution is 0.210. The van der Waals surface area contributed by atoms with Crippen molar-refractivity contribution >= 4 is 35.1 Å². The van der Waals surface area contributed by atoms with Crippen molar-refractivity contribution in [2.24, 2.45) is 0 Å². The van der Waals surface area contributed by atoms with Gasteiger partial charge in [0.15, 0.2) is 0 Å². The zero-order valence-electron chi connectivity index (χ0n) is 11.5. The molecule has 0 bridgehead atoms. The van der Waals surface area contributed by atoms with E-state index in [4.69, 9.17) is 16.0 Å². The number of carbonyl (C=O) groups excluding carboxylic acids is 1. The summed E-state index contributed by atoms with van der Waals surface area (Å²) in [5.41, 5.74) is 1.69. The first kappa shape index (κ1) is 14.4. The van der Waals surface area contributed by atoms with Crippen LogP contribution in [-0.4, -0.2) is 23.2 Å². The van der Waals surface area contributed by atoms with E-state index < -0.39 is 0 Å². The molecule has 2 heterocycles. The van der Waals surface area contributed by atoms with Gasteiger partial charge in [-0.05, 0) is 36.8 Å². The van der Waals surface area contributed by atoms with Gasteiger partial charge >= 0.3 is 6.03 Å². The molecule has 6 heteroatoms. The summed E-state index contributed by atoms with van der Waals surface area (Å²) in [5, 5.41) is 3.47. The molecule has 1 saturated heterocycles. The van der Waals surface area contributed by atoms with Crippen LogP contribution in [0.5, 0.6) is 0 Å². The van der Waals surface area contributed by atoms with Crippen LogP contribution in [0.25, 0.3) is 0 Å². The zero-order valence-corrected chi connectivity index (χ0v) is 13.1. The number of hydrogen-bond acceptors (Lipinski definition) is 3. The normalized spacial score (nSPS) is 18.0. The van der Waals surface area contributed by atoms with Gasteiger partial charge < -0.3 is 14.6 Å². The summed E-state index contributed by atoms with van der Waals surface area (Å²) in [6.45, 7) is 2.62. The fourth-order valence-corrected chi connectivity index (χ4v) is 3.60. The number of rotatable bonds is 2. The Morgan fingerprint density at radius 1 is 1.48 bits per heavy atom. The molecular formula is C15H15ClN2O2S. The van der Waals surface area contributed by atoms with Crippen molar-refractivity contribution in [2.75, 3.05) is 17.6 Å². The number of carbonyl (C=O) groups is 1. The second-order valence-electron chi connectivity index (χ2n) is 4.83. The summed E-state index contributed by atoms with van der Waals surface area (Å²) in [6.07, 6.45) is 1.63. The maximum Gasteiger partial charge on any atom is 0.323 e. The van der Waals surface area contributed by atoms with Crippen molar-refractivity contribution in [3.63, 3.8) is 0 Å². The summed E-state index contributed by atoms with van der Waals surface area (Å²) in [5.74, 6) is 1.70. The lowest BCUT2D eigenvalue weighted by Gasteiger charge is -2.22. The maximum absolute atomic E-state index is 12.4. The minimum absolute atomic E-state index is 0.0686. The first-order valence-electron chi connectivity index (χ1n) is 6.64. The fraction of sp³-hybridized carbons (Fsp3) is 0.267. The topological polar surface area (TPSA) is 45.5 Å². The van der Waals surface area contributed by atoms with Gasteiger partial charge in [0.25, 0.3) is 0 Å². The molecule has 0 saturated carbocycles. The average Bonchev–Trinajstić information content (AvgIpc) is 3.12. The third-order valence-electron chi connectivity index (χ3n) is 3.36. The first-order valence-corrected chi connectivity index (χ1v) is 8.06. The average molecular weight is 323 g/mol. The monoisotopic (exact) mass is 322 g/mol. The van der Waals surface area contributed by atoms with E-state index in [1.165, 1.54) is 0 Å². The number of thioether (sulfide) groups is 1. The molecule has 1 fully saturated rings. The third-order valence-corrected chi connectivity index (χ3v) is 4.99. The highest BCUT2D eigenvalue weighted by Gasteiger charge is 2.32. The van der Waals surface area contributed by atoms with E-state index in [0.29, 0.717) is 17.3 Å². The highest BCUT2D eigenvalue weighted by molar-refractivity contribution is 7.99. The number of hydrogen-bond donors (Lipinski definition) is 1. The van der Waals surface area contributed by atoms with Crippen molar-refractivity contribution in [3.05, 3.63) is 52.9 Å². The van der Waals surface area contributed by atoms with E-state index in [0.717, 1.165) is 17.1 Å². The molecular weight excluding hydrogens is 308 g/mol. The van der Waals surface area contributed by atoms with Crippen LogP contribution in [-0.2, 0) is 0 Å². The van der Waals surface area contributed by atoms with Crippen LogP contribution >= 0.6 is 23.4 Å². The van der Waals surface area contributed by atoms with Crippen molar-refractivity contribution in [1.82, 2.24) is 4.90 Å². The fourth-order valence-electron chi connectivity index (χ4n) is 2.21. The van der Waals surface area contributed by atoms with Crippen molar-refractivity contribution in [1.29, 1.82) is 0 Å². The molecule has 2 aromatic rings. The first-order chi connectivity index (χ1) is 10.1. The molecule has 1 aliphatic heterocycles. The summed E-state index contributed by atoms with van der Waals surface area (Å²) in [6, 6.07) is 9.10. The van der Waals surface area contributed by atoms with E-state index in [1.807, 2.05) is 31.2 Å². The Morgan fingerprint density at radius 2 is 2.33 bits per heavy atom. The third kappa shape index (κ3) is 3.04. The van der Waals surface area contributed by atoms with Crippen LogP contribution in [0, 0.1) is 6.92 Å². The predicted molar refractivity (Wildman–Crippen MR) is 85.8 cm³/mol. The number of benzene rings is 1. The van der Waals surface area contributed by atoms with Crippen LogP contribution in [0.4, 0.5) is 10.5 Å². The van der Waals surface area contributed by atoms with Crippen molar-refractivity contribution in [2.45, 2.75) is 12.3 Å². The molecule has 0 unspecified atom stereocenters. The van der Waals surface area contributed by atoms with Crippen LogP contribution in [0.3, 0.4) is 0 Å². The van der Waals surface area contributed by atoms with Crippen molar-refractivity contribution in [3.8, 4) is 0 Å². The van der Waals surface area contributed by atoms with Crippen LogP contribution in [0.15, 0.2) is 41.0 Å². The molecule has 0 spiro atoms. The lowest BCUT2D eigenvalue weighted by Crippen LogP contribution is -2.34. The zero-order chi connectivity index (χ0) is 14.8. The molecule has 4 nitrogen and oxygen atoms in total. The van der Waals surface area contributed by atoms with Crippen LogP contribution in [0.2, 0.25) is 5.02 Å². The van der Waals surface area contributed by atoms with Crippen LogP contribution in [0.1, 0.15) is 16.7 Å². The van der Waals surface area contributed by atoms with Gasteiger partial charge in [0.05, 0.1) is 6.26 Å². The minimum atomic E-state index is -0.138. The number of halogens is 1. The second-order valence-corrected chi connectivity index (χ2v) is 6.42. The molecule has 1 atom stereocenters. The number of aryl methyl sites for hydroxylation is 1. The van der Waals surface area contributed by atoms with E-state index in [9.17, 15) is 4.79 Å². The molecule has 2 amide bonds. The Kier molecular flexibility index (Phi) is 4.12. The predicted octanol–water partition coefficient (Wildman–Crippen LogP) is 4.52. The summed E-state index contributed by atoms with van der Waals surface area (Å²) < 4.78 is 5.42. The Bertz CT molecular complexity index is 645. The molecule has 1 aromatic heterocycles. The molecule has 0 aliphatic carbocycles. The summed E-state index contributed by atoms with van der Waals surface area (Å²) in [4.78, 5) is 14.2. The molecule has 1 aliphatic rings. The SMILES string of the molecule is Cc1ccc(NC(=O)N2CCS[C@@H]2c2ccco2)cc1Cl. The number of furan rings is 1. The number of amides is 2. The highest BCUT2D eigenvalue weighted by Crippen LogP contribution is 2.38. The molecule has 3 rings (SSSR count). The van der Waals surface area contributed by atoms with Gasteiger partial charge in [0.1, 0.15) is 11.1 Å². The highest BCUT2D eigenvalue weighted by atomic mass is 35.5. The van der Waals surface area contributed by atoms with Gasteiger partial charge in [0, 0.05) is 23.0 Å². The van der Waals surface area contributed by atoms with E-state index in [2.05, 4.69) is 5.32 Å². The van der Waals surface area contributed by atoms with Gasteiger partial charge in [-0.2, -0.15) is 0 Å². The summed E-state index contributed by atoms with van der Waals surface area (Å²) in [7, 11) is 0. The lowest BCUT2D eigenvalue weighted by atomic mass is 10.2. The van der Waals surface area contributed by atoms with Gasteiger partial charge in [0.2, 0.25) is 0 Å². The molecule has 110 valence electrons. The standard InChI is InChI=1S/C15H15ClN2O2S/c1-10-4-5-11(9-12(10)16)17-15(19)18-6-8-21-14(18)13-3-2-7-20-13/h2-5,7,9,14H,6,8H2,1H3,(H,17,19)/t14-/m1/s1. The number of nitrogens with zero attached hydrogens (tertiary/aromatic N) is 1. The number of nitrogens with one attached hydrogen (secondary N) is 1. The summed E-state index contributed by atoms with van der Waals surface area (Å²) >= 11 is 7.78. The van der Waals surface area contributed by atoms with E-state index in [1.54, 1.807) is 29.0 Å². The maximum atomic E-state index is 12.4. The second kappa shape index (κ2) is 6.03. The minimum Gasteiger partial charge on any atom is -0.466 e. The molecule has 0 radical (unpaired) electrons. The van der Waals surface area contributed by atoms with Gasteiger partial charge in [-0.3, -0.25) is 0 Å². The van der Waals surface area contributed by atoms with E-state index >= 15 is 0 Å². The van der Waals surface area contributed by atoms with Gasteiger partial charge in [-0.25, -0.2) is 4.79 Å². The molecule has 1 N–H and O–H groups in total.